The standard InChI is InChI=1S/C18H17NO/c1-18(2)9-14-12(16(20)10-18)7-8-13-11-5-3-4-6-15(11)19-17(13)14/h3-8,19H,9-10H2,1-2H3. The second-order valence-corrected chi connectivity index (χ2v) is 6.63. The first-order valence-electron chi connectivity index (χ1n) is 7.11. The van der Waals surface area contributed by atoms with Gasteiger partial charge in [-0.05, 0) is 23.5 Å². The highest BCUT2D eigenvalue weighted by atomic mass is 16.1. The number of aromatic nitrogens is 1. The molecule has 0 unspecified atom stereocenters. The van der Waals surface area contributed by atoms with Crippen molar-refractivity contribution >= 4 is 27.6 Å². The quantitative estimate of drug-likeness (QED) is 0.637. The van der Waals surface area contributed by atoms with Crippen molar-refractivity contribution < 1.29 is 4.79 Å². The maximum Gasteiger partial charge on any atom is 0.163 e. The molecule has 2 heteroatoms. The van der Waals surface area contributed by atoms with Gasteiger partial charge in [0.05, 0.1) is 5.52 Å². The minimum absolute atomic E-state index is 0.0513. The van der Waals surface area contributed by atoms with Gasteiger partial charge in [-0.25, -0.2) is 0 Å². The van der Waals surface area contributed by atoms with Gasteiger partial charge in [0.25, 0.3) is 0 Å². The summed E-state index contributed by atoms with van der Waals surface area (Å²) in [6, 6.07) is 12.4. The van der Waals surface area contributed by atoms with Gasteiger partial charge in [0, 0.05) is 28.3 Å². The number of carbonyl (C=O) groups excluding carboxylic acids is 1. The van der Waals surface area contributed by atoms with Crippen LogP contribution in [0.15, 0.2) is 36.4 Å². The van der Waals surface area contributed by atoms with Gasteiger partial charge in [0.2, 0.25) is 0 Å². The van der Waals surface area contributed by atoms with Gasteiger partial charge in [-0.2, -0.15) is 0 Å². The average Bonchev–Trinajstić information content (AvgIpc) is 2.76. The summed E-state index contributed by atoms with van der Waals surface area (Å²) in [5.74, 6) is 0.275. The number of hydrogen-bond donors (Lipinski definition) is 1. The molecule has 4 rings (SSSR count). The van der Waals surface area contributed by atoms with Crippen molar-refractivity contribution in [1.29, 1.82) is 0 Å². The SMILES string of the molecule is CC1(C)CC(=O)c2ccc3c([nH]c4ccccc43)c2C1. The molecular weight excluding hydrogens is 246 g/mol. The van der Waals surface area contributed by atoms with Gasteiger partial charge in [-0.3, -0.25) is 4.79 Å². The fourth-order valence-corrected chi connectivity index (χ4v) is 3.49. The molecule has 0 saturated heterocycles. The zero-order chi connectivity index (χ0) is 13.9. The van der Waals surface area contributed by atoms with Gasteiger partial charge < -0.3 is 4.98 Å². The Kier molecular flexibility index (Phi) is 2.18. The Morgan fingerprint density at radius 3 is 2.65 bits per heavy atom. The van der Waals surface area contributed by atoms with Gasteiger partial charge in [-0.15, -0.1) is 0 Å². The summed E-state index contributed by atoms with van der Waals surface area (Å²) in [4.78, 5) is 15.9. The molecule has 1 aliphatic carbocycles. The number of aromatic amines is 1. The lowest BCUT2D eigenvalue weighted by Crippen LogP contribution is -2.27. The van der Waals surface area contributed by atoms with Crippen LogP contribution < -0.4 is 0 Å². The summed E-state index contributed by atoms with van der Waals surface area (Å²) in [5, 5.41) is 2.46. The monoisotopic (exact) mass is 263 g/mol. The first kappa shape index (κ1) is 11.7. The molecule has 0 fully saturated rings. The summed E-state index contributed by atoms with van der Waals surface area (Å²) in [7, 11) is 0. The van der Waals surface area contributed by atoms with Crippen LogP contribution in [0.25, 0.3) is 21.8 Å². The Balaban J connectivity index is 2.11. The molecule has 20 heavy (non-hydrogen) atoms. The maximum absolute atomic E-state index is 12.3. The Hall–Kier alpha value is -2.09. The Bertz CT molecular complexity index is 854. The average molecular weight is 263 g/mol. The molecule has 0 spiro atoms. The third-order valence-corrected chi connectivity index (χ3v) is 4.38. The molecule has 1 aromatic heterocycles. The highest BCUT2D eigenvalue weighted by Gasteiger charge is 2.32. The van der Waals surface area contributed by atoms with Crippen molar-refractivity contribution in [2.75, 3.05) is 0 Å². The number of nitrogens with one attached hydrogen (secondary N) is 1. The molecule has 1 aliphatic rings. The van der Waals surface area contributed by atoms with Crippen molar-refractivity contribution in [3.05, 3.63) is 47.5 Å². The number of H-pyrrole nitrogens is 1. The van der Waals surface area contributed by atoms with Crippen molar-refractivity contribution in [1.82, 2.24) is 4.98 Å². The lowest BCUT2D eigenvalue weighted by atomic mass is 9.73. The summed E-state index contributed by atoms with van der Waals surface area (Å²) >= 11 is 0. The van der Waals surface area contributed by atoms with E-state index in [9.17, 15) is 4.79 Å². The van der Waals surface area contributed by atoms with Crippen molar-refractivity contribution in [3.8, 4) is 0 Å². The molecule has 2 aromatic carbocycles. The van der Waals surface area contributed by atoms with E-state index in [4.69, 9.17) is 0 Å². The molecule has 1 heterocycles. The number of hydrogen-bond acceptors (Lipinski definition) is 1. The second-order valence-electron chi connectivity index (χ2n) is 6.63. The predicted octanol–water partition coefficient (Wildman–Crippen LogP) is 4.48. The fourth-order valence-electron chi connectivity index (χ4n) is 3.49. The summed E-state index contributed by atoms with van der Waals surface area (Å²) in [6.45, 7) is 4.35. The highest BCUT2D eigenvalue weighted by Crippen LogP contribution is 2.39. The van der Waals surface area contributed by atoms with Crippen molar-refractivity contribution in [2.45, 2.75) is 26.7 Å². The number of ketones is 1. The first-order valence-corrected chi connectivity index (χ1v) is 7.11. The number of para-hydroxylation sites is 1. The molecule has 100 valence electrons. The Morgan fingerprint density at radius 1 is 1.00 bits per heavy atom. The molecule has 0 amide bonds. The number of fused-ring (bicyclic) bond motifs is 5. The molecule has 2 nitrogen and oxygen atoms in total. The van der Waals surface area contributed by atoms with Crippen LogP contribution in [-0.2, 0) is 6.42 Å². The summed E-state index contributed by atoms with van der Waals surface area (Å²) < 4.78 is 0. The van der Waals surface area contributed by atoms with Crippen molar-refractivity contribution in [2.24, 2.45) is 5.41 Å². The molecule has 1 N–H and O–H groups in total. The molecule has 3 aromatic rings. The second kappa shape index (κ2) is 3.72. The van der Waals surface area contributed by atoms with Crippen LogP contribution in [-0.4, -0.2) is 10.8 Å². The molecule has 0 radical (unpaired) electrons. The van der Waals surface area contributed by atoms with Crippen LogP contribution in [0.3, 0.4) is 0 Å². The number of Topliss-reactive ketones (excluding diaryl/α,β-unsaturated/α-hetero) is 1. The van der Waals surface area contributed by atoms with E-state index in [1.807, 2.05) is 12.1 Å². The first-order chi connectivity index (χ1) is 9.55. The molecule has 0 aliphatic heterocycles. The predicted molar refractivity (Wildman–Crippen MR) is 82.2 cm³/mol. The van der Waals surface area contributed by atoms with E-state index in [1.165, 1.54) is 16.3 Å². The summed E-state index contributed by atoms with van der Waals surface area (Å²) in [5.41, 5.74) is 4.44. The third-order valence-electron chi connectivity index (χ3n) is 4.38. The minimum atomic E-state index is 0.0513. The topological polar surface area (TPSA) is 32.9 Å². The van der Waals surface area contributed by atoms with E-state index in [1.54, 1.807) is 0 Å². The number of benzene rings is 2. The zero-order valence-corrected chi connectivity index (χ0v) is 11.8. The van der Waals surface area contributed by atoms with Crippen LogP contribution in [0.4, 0.5) is 0 Å². The van der Waals surface area contributed by atoms with Crippen LogP contribution in [0, 0.1) is 5.41 Å². The normalized spacial score (nSPS) is 17.6. The van der Waals surface area contributed by atoms with Gasteiger partial charge in [0.1, 0.15) is 0 Å². The van der Waals surface area contributed by atoms with Crippen molar-refractivity contribution in [3.63, 3.8) is 0 Å². The van der Waals surface area contributed by atoms with E-state index < -0.39 is 0 Å². The molecule has 0 saturated carbocycles. The van der Waals surface area contributed by atoms with E-state index in [0.29, 0.717) is 6.42 Å². The third kappa shape index (κ3) is 1.54. The zero-order valence-electron chi connectivity index (χ0n) is 11.8. The lowest BCUT2D eigenvalue weighted by molar-refractivity contribution is 0.0913. The Labute approximate surface area is 117 Å². The van der Waals surface area contributed by atoms with Crippen LogP contribution in [0.5, 0.6) is 0 Å². The lowest BCUT2D eigenvalue weighted by Gasteiger charge is -2.30. The molecule has 0 bridgehead atoms. The van der Waals surface area contributed by atoms with Crippen LogP contribution in [0.1, 0.15) is 36.2 Å². The fraction of sp³-hybridized carbons (Fsp3) is 0.278. The van der Waals surface area contributed by atoms with E-state index in [2.05, 4.69) is 43.1 Å². The minimum Gasteiger partial charge on any atom is -0.354 e. The van der Waals surface area contributed by atoms with Crippen LogP contribution in [0.2, 0.25) is 0 Å². The highest BCUT2D eigenvalue weighted by molar-refractivity contribution is 6.12. The van der Waals surface area contributed by atoms with Gasteiger partial charge in [-0.1, -0.05) is 44.2 Å². The van der Waals surface area contributed by atoms with Gasteiger partial charge >= 0.3 is 0 Å². The largest absolute Gasteiger partial charge is 0.354 e. The van der Waals surface area contributed by atoms with Crippen LogP contribution >= 0.6 is 0 Å². The van der Waals surface area contributed by atoms with Gasteiger partial charge in [0.15, 0.2) is 5.78 Å². The van der Waals surface area contributed by atoms with E-state index in [0.717, 1.165) is 23.0 Å². The molecular formula is C18H17NO. The van der Waals surface area contributed by atoms with E-state index in [-0.39, 0.29) is 11.2 Å². The number of carbonyl (C=O) groups is 1. The number of rotatable bonds is 0. The van der Waals surface area contributed by atoms with E-state index >= 15 is 0 Å². The Morgan fingerprint density at radius 2 is 1.80 bits per heavy atom. The molecule has 0 atom stereocenters. The maximum atomic E-state index is 12.3. The summed E-state index contributed by atoms with van der Waals surface area (Å²) in [6.07, 6.45) is 1.60. The smallest absolute Gasteiger partial charge is 0.163 e.